The standard InChI is InChI=1S/C20H16O6.C6H13NO2/c1-8(21)9-6-12-14(13(22)7-9)20(26)16-15(19(12)25)17(23)10-4-2-3-5-11(10)18(16)24;1-4-6(8)5(7)2-3-9-4/h2-5,9,13,22,25-26H,6-7H2,1H3;4-6,8H,2-3,7H2,1H3/t9-,13?;/m1./s1. The van der Waals surface area contributed by atoms with Crippen molar-refractivity contribution < 1.29 is 39.5 Å². The highest BCUT2D eigenvalue weighted by molar-refractivity contribution is 6.30. The van der Waals surface area contributed by atoms with E-state index in [1.54, 1.807) is 12.1 Å². The first-order valence-electron chi connectivity index (χ1n) is 11.6. The molecule has 1 fully saturated rings. The van der Waals surface area contributed by atoms with Gasteiger partial charge in [0.2, 0.25) is 0 Å². The molecule has 2 aromatic rings. The smallest absolute Gasteiger partial charge is 0.198 e. The number of nitrogens with two attached hydrogens (primary N) is 1. The molecule has 2 aromatic carbocycles. The van der Waals surface area contributed by atoms with E-state index in [0.717, 1.165) is 6.42 Å². The molecule has 0 bridgehead atoms. The van der Waals surface area contributed by atoms with Crippen LogP contribution in [-0.4, -0.2) is 62.6 Å². The molecule has 1 aliphatic heterocycles. The van der Waals surface area contributed by atoms with E-state index in [1.807, 2.05) is 6.92 Å². The van der Waals surface area contributed by atoms with Gasteiger partial charge in [0.1, 0.15) is 17.3 Å². The lowest BCUT2D eigenvalue weighted by atomic mass is 9.74. The van der Waals surface area contributed by atoms with Crippen molar-refractivity contribution in [1.29, 1.82) is 0 Å². The van der Waals surface area contributed by atoms with Gasteiger partial charge in [0, 0.05) is 40.8 Å². The molecule has 0 spiro atoms. The van der Waals surface area contributed by atoms with Crippen molar-refractivity contribution in [2.75, 3.05) is 6.61 Å². The van der Waals surface area contributed by atoms with Crippen molar-refractivity contribution in [3.8, 4) is 11.5 Å². The summed E-state index contributed by atoms with van der Waals surface area (Å²) in [5, 5.41) is 41.0. The summed E-state index contributed by atoms with van der Waals surface area (Å²) in [5.41, 5.74) is 5.47. The molecule has 1 saturated heterocycles. The van der Waals surface area contributed by atoms with Crippen LogP contribution in [0.1, 0.15) is 75.8 Å². The number of rotatable bonds is 1. The van der Waals surface area contributed by atoms with Gasteiger partial charge in [-0.05, 0) is 33.1 Å². The summed E-state index contributed by atoms with van der Waals surface area (Å²) in [6.07, 6.45) is -0.813. The Labute approximate surface area is 202 Å². The largest absolute Gasteiger partial charge is 0.507 e. The third kappa shape index (κ3) is 4.25. The Morgan fingerprint density at radius 3 is 2.11 bits per heavy atom. The summed E-state index contributed by atoms with van der Waals surface area (Å²) >= 11 is 0. The van der Waals surface area contributed by atoms with E-state index in [9.17, 15) is 34.8 Å². The predicted molar refractivity (Wildman–Crippen MR) is 125 cm³/mol. The second kappa shape index (κ2) is 9.50. The lowest BCUT2D eigenvalue weighted by Gasteiger charge is -2.31. The molecule has 2 aliphatic carbocycles. The first-order valence-corrected chi connectivity index (χ1v) is 11.6. The Morgan fingerprint density at radius 1 is 1.03 bits per heavy atom. The highest BCUT2D eigenvalue weighted by atomic mass is 16.5. The zero-order chi connectivity index (χ0) is 25.6. The van der Waals surface area contributed by atoms with E-state index in [2.05, 4.69) is 0 Å². The Balaban J connectivity index is 0.000000271. The topological polar surface area (TPSA) is 167 Å². The fraction of sp³-hybridized carbons (Fsp3) is 0.423. The number of Topliss-reactive ketones (excluding diaryl/α,β-unsaturated/α-hetero) is 1. The van der Waals surface area contributed by atoms with E-state index in [0.29, 0.717) is 6.61 Å². The van der Waals surface area contributed by atoms with Crippen molar-refractivity contribution in [2.45, 2.75) is 57.5 Å². The van der Waals surface area contributed by atoms with Gasteiger partial charge in [-0.25, -0.2) is 0 Å². The maximum atomic E-state index is 12.9. The van der Waals surface area contributed by atoms with Crippen molar-refractivity contribution in [2.24, 2.45) is 11.7 Å². The van der Waals surface area contributed by atoms with Crippen molar-refractivity contribution in [3.05, 3.63) is 57.6 Å². The molecule has 0 amide bonds. The molecule has 35 heavy (non-hydrogen) atoms. The van der Waals surface area contributed by atoms with E-state index in [4.69, 9.17) is 10.5 Å². The molecule has 5 atom stereocenters. The van der Waals surface area contributed by atoms with Crippen LogP contribution in [0.4, 0.5) is 0 Å². The quantitative estimate of drug-likeness (QED) is 0.323. The number of ether oxygens (including phenoxy) is 1. The fourth-order valence-corrected chi connectivity index (χ4v) is 4.98. The van der Waals surface area contributed by atoms with Gasteiger partial charge in [0.15, 0.2) is 11.6 Å². The number of aliphatic hydroxyl groups excluding tert-OH is 2. The van der Waals surface area contributed by atoms with Gasteiger partial charge in [-0.3, -0.25) is 14.4 Å². The van der Waals surface area contributed by atoms with Gasteiger partial charge in [-0.1, -0.05) is 24.3 Å². The summed E-state index contributed by atoms with van der Waals surface area (Å²) in [4.78, 5) is 37.4. The minimum absolute atomic E-state index is 0.0271. The maximum Gasteiger partial charge on any atom is 0.198 e. The number of hydrogen-bond donors (Lipinski definition) is 5. The van der Waals surface area contributed by atoms with E-state index in [1.165, 1.54) is 19.1 Å². The molecule has 4 unspecified atom stereocenters. The van der Waals surface area contributed by atoms with Crippen LogP contribution in [-0.2, 0) is 16.0 Å². The SMILES string of the molecule is CC(=O)[C@@H]1Cc2c(O)c3c(c(O)c2C(O)C1)C(=O)c1ccccc1C3=O.CC1OCCC(N)C1O. The van der Waals surface area contributed by atoms with Gasteiger partial charge in [-0.2, -0.15) is 0 Å². The fourth-order valence-electron chi connectivity index (χ4n) is 4.98. The molecule has 9 heteroatoms. The van der Waals surface area contributed by atoms with Crippen LogP contribution in [0.5, 0.6) is 11.5 Å². The number of aromatic hydroxyl groups is 2. The zero-order valence-electron chi connectivity index (χ0n) is 19.5. The number of phenols is 2. The van der Waals surface area contributed by atoms with Crippen LogP contribution in [0.15, 0.2) is 24.3 Å². The van der Waals surface area contributed by atoms with Crippen LogP contribution in [0, 0.1) is 5.92 Å². The minimum Gasteiger partial charge on any atom is -0.507 e. The highest BCUT2D eigenvalue weighted by Crippen LogP contribution is 2.49. The lowest BCUT2D eigenvalue weighted by Crippen LogP contribution is -2.47. The average Bonchev–Trinajstić information content (AvgIpc) is 2.83. The minimum atomic E-state index is -1.20. The molecule has 1 heterocycles. The highest BCUT2D eigenvalue weighted by Gasteiger charge is 2.41. The number of ketones is 3. The molecule has 0 aromatic heterocycles. The maximum absolute atomic E-state index is 12.9. The van der Waals surface area contributed by atoms with Crippen molar-refractivity contribution in [3.63, 3.8) is 0 Å². The van der Waals surface area contributed by atoms with Gasteiger partial charge in [0.25, 0.3) is 0 Å². The molecule has 0 radical (unpaired) electrons. The first kappa shape index (κ1) is 25.0. The van der Waals surface area contributed by atoms with Gasteiger partial charge in [0.05, 0.1) is 29.4 Å². The predicted octanol–water partition coefficient (Wildman–Crippen LogP) is 1.54. The second-order valence-electron chi connectivity index (χ2n) is 9.33. The molecular weight excluding hydrogens is 454 g/mol. The van der Waals surface area contributed by atoms with Gasteiger partial charge in [-0.15, -0.1) is 0 Å². The van der Waals surface area contributed by atoms with E-state index < -0.39 is 41.2 Å². The van der Waals surface area contributed by atoms with E-state index in [-0.39, 0.29) is 64.2 Å². The summed E-state index contributed by atoms with van der Waals surface area (Å²) in [6.45, 7) is 3.91. The van der Waals surface area contributed by atoms with E-state index >= 15 is 0 Å². The number of aliphatic hydroxyl groups is 2. The van der Waals surface area contributed by atoms with Crippen molar-refractivity contribution in [1.82, 2.24) is 0 Å². The Hall–Kier alpha value is -3.11. The monoisotopic (exact) mass is 483 g/mol. The molecule has 9 nitrogen and oxygen atoms in total. The van der Waals surface area contributed by atoms with Crippen LogP contribution >= 0.6 is 0 Å². The van der Waals surface area contributed by atoms with Gasteiger partial charge < -0.3 is 30.9 Å². The molecule has 3 aliphatic rings. The lowest BCUT2D eigenvalue weighted by molar-refractivity contribution is -0.122. The normalized spacial score (nSPS) is 27.2. The van der Waals surface area contributed by atoms with Gasteiger partial charge >= 0.3 is 0 Å². The van der Waals surface area contributed by atoms with Crippen LogP contribution < -0.4 is 5.73 Å². The van der Waals surface area contributed by atoms with Crippen LogP contribution in [0.3, 0.4) is 0 Å². The van der Waals surface area contributed by atoms with Crippen LogP contribution in [0.2, 0.25) is 0 Å². The summed E-state index contributed by atoms with van der Waals surface area (Å²) < 4.78 is 5.13. The zero-order valence-corrected chi connectivity index (χ0v) is 19.5. The number of hydrogen-bond acceptors (Lipinski definition) is 9. The molecule has 0 saturated carbocycles. The molecule has 186 valence electrons. The third-order valence-electron chi connectivity index (χ3n) is 7.08. The number of benzene rings is 2. The summed E-state index contributed by atoms with van der Waals surface area (Å²) in [5.74, 6) is -2.75. The van der Waals surface area contributed by atoms with Crippen LogP contribution in [0.25, 0.3) is 0 Å². The average molecular weight is 484 g/mol. The Morgan fingerprint density at radius 2 is 1.60 bits per heavy atom. The summed E-state index contributed by atoms with van der Waals surface area (Å²) in [6, 6.07) is 6.10. The van der Waals surface area contributed by atoms with Crippen molar-refractivity contribution >= 4 is 17.3 Å². The number of carbonyl (C=O) groups is 3. The summed E-state index contributed by atoms with van der Waals surface area (Å²) in [7, 11) is 0. The second-order valence-corrected chi connectivity index (χ2v) is 9.33. The molecular formula is C26H29NO8. The third-order valence-corrected chi connectivity index (χ3v) is 7.08. The first-order chi connectivity index (χ1) is 16.5. The Kier molecular flexibility index (Phi) is 6.79. The molecule has 6 N–H and O–H groups in total. The number of phenolic OH excluding ortho intramolecular Hbond substituents is 2. The number of carbonyl (C=O) groups excluding carboxylic acids is 3. The Bertz CT molecular complexity index is 1200. The molecule has 5 rings (SSSR count). The number of fused-ring (bicyclic) bond motifs is 3.